The van der Waals surface area contributed by atoms with E-state index in [1.807, 2.05) is 0 Å². The highest BCUT2D eigenvalue weighted by molar-refractivity contribution is 5.93. The third-order valence-electron chi connectivity index (χ3n) is 1.70. The maximum Gasteiger partial charge on any atom is 0.339 e. The van der Waals surface area contributed by atoms with E-state index in [9.17, 15) is 4.79 Å². The lowest BCUT2D eigenvalue weighted by molar-refractivity contribution is 0.0697. The van der Waals surface area contributed by atoms with Crippen molar-refractivity contribution in [1.82, 2.24) is 4.98 Å². The molecule has 1 aromatic rings. The van der Waals surface area contributed by atoms with Crippen LogP contribution in [-0.2, 0) is 0 Å². The molecule has 0 fully saturated rings. The largest absolute Gasteiger partial charge is 0.478 e. The van der Waals surface area contributed by atoms with Crippen LogP contribution in [0, 0.1) is 0 Å². The summed E-state index contributed by atoms with van der Waals surface area (Å²) < 4.78 is 0. The van der Waals surface area contributed by atoms with Crippen molar-refractivity contribution in [3.05, 3.63) is 24.0 Å². The molecule has 0 aromatic carbocycles. The first kappa shape index (κ1) is 10.5. The third-order valence-corrected chi connectivity index (χ3v) is 1.70. The van der Waals surface area contributed by atoms with Gasteiger partial charge in [0.05, 0.1) is 5.69 Å². The molecule has 1 aromatic heterocycles. The molecule has 1 rings (SSSR count). The van der Waals surface area contributed by atoms with E-state index in [1.165, 1.54) is 12.4 Å². The van der Waals surface area contributed by atoms with Crippen LogP contribution in [0.4, 0.5) is 5.69 Å². The minimum atomic E-state index is -1.01. The lowest BCUT2D eigenvalue weighted by Gasteiger charge is -2.07. The number of nitrogens with zero attached hydrogens (tertiary/aromatic N) is 1. The first-order valence-electron chi connectivity index (χ1n) is 4.27. The predicted octanol–water partition coefficient (Wildman–Crippen LogP) is 0.574. The molecule has 0 unspecified atom stereocenters. The van der Waals surface area contributed by atoms with Crippen LogP contribution in [-0.4, -0.2) is 34.3 Å². The Hall–Kier alpha value is -1.62. The molecule has 0 aliphatic heterocycles. The average molecular weight is 196 g/mol. The molecule has 0 atom stereocenters. The third kappa shape index (κ3) is 2.70. The summed E-state index contributed by atoms with van der Waals surface area (Å²) in [7, 11) is 0. The Balaban J connectivity index is 2.69. The van der Waals surface area contributed by atoms with E-state index in [4.69, 9.17) is 10.2 Å². The Bertz CT molecular complexity index is 315. The second-order valence-electron chi connectivity index (χ2n) is 2.73. The molecule has 0 saturated carbocycles. The summed E-state index contributed by atoms with van der Waals surface area (Å²) in [5.41, 5.74) is 0.673. The van der Waals surface area contributed by atoms with E-state index in [1.54, 1.807) is 6.07 Å². The highest BCUT2D eigenvalue weighted by Crippen LogP contribution is 2.12. The van der Waals surface area contributed by atoms with Gasteiger partial charge in [-0.3, -0.25) is 4.98 Å². The summed E-state index contributed by atoms with van der Waals surface area (Å²) in [5.74, 6) is -1.01. The van der Waals surface area contributed by atoms with Crippen LogP contribution in [0.5, 0.6) is 0 Å². The van der Waals surface area contributed by atoms with Crippen molar-refractivity contribution in [1.29, 1.82) is 0 Å². The molecule has 5 nitrogen and oxygen atoms in total. The number of nitrogens with one attached hydrogen (secondary N) is 1. The second-order valence-corrected chi connectivity index (χ2v) is 2.73. The summed E-state index contributed by atoms with van der Waals surface area (Å²) in [6.45, 7) is 0.626. The topological polar surface area (TPSA) is 82.5 Å². The molecule has 0 saturated heterocycles. The van der Waals surface area contributed by atoms with E-state index < -0.39 is 5.97 Å². The van der Waals surface area contributed by atoms with E-state index >= 15 is 0 Å². The number of rotatable bonds is 5. The van der Waals surface area contributed by atoms with Gasteiger partial charge >= 0.3 is 5.97 Å². The molecule has 0 radical (unpaired) electrons. The Morgan fingerprint density at radius 2 is 2.36 bits per heavy atom. The van der Waals surface area contributed by atoms with Crippen LogP contribution >= 0.6 is 0 Å². The standard InChI is InChI=1S/C9H12N2O3/c12-5-1-3-11-8-2-4-10-6-7(8)9(13)14/h2,4,6,12H,1,3,5H2,(H,10,11)(H,13,14). The minimum absolute atomic E-state index is 0.0838. The smallest absolute Gasteiger partial charge is 0.339 e. The SMILES string of the molecule is O=C(O)c1cnccc1NCCCO. The predicted molar refractivity (Wildman–Crippen MR) is 51.4 cm³/mol. The quantitative estimate of drug-likeness (QED) is 0.600. The van der Waals surface area contributed by atoms with Crippen molar-refractivity contribution in [3.8, 4) is 0 Å². The Kier molecular flexibility index (Phi) is 3.87. The molecule has 0 aliphatic rings. The van der Waals surface area contributed by atoms with Gasteiger partial charge in [0.2, 0.25) is 0 Å². The number of hydrogen-bond donors (Lipinski definition) is 3. The number of carboxylic acids is 1. The Labute approximate surface area is 81.4 Å². The van der Waals surface area contributed by atoms with Crippen molar-refractivity contribution in [2.75, 3.05) is 18.5 Å². The maximum atomic E-state index is 10.7. The zero-order valence-corrected chi connectivity index (χ0v) is 7.60. The van der Waals surface area contributed by atoms with Gasteiger partial charge in [0.25, 0.3) is 0 Å². The van der Waals surface area contributed by atoms with Gasteiger partial charge in [-0.15, -0.1) is 0 Å². The van der Waals surface area contributed by atoms with Crippen LogP contribution in [0.25, 0.3) is 0 Å². The van der Waals surface area contributed by atoms with Crippen LogP contribution in [0.15, 0.2) is 18.5 Å². The fourth-order valence-corrected chi connectivity index (χ4v) is 1.02. The summed E-state index contributed by atoms with van der Waals surface area (Å²) in [5, 5.41) is 20.3. The first-order valence-corrected chi connectivity index (χ1v) is 4.27. The first-order chi connectivity index (χ1) is 6.75. The van der Waals surface area contributed by atoms with Gasteiger partial charge in [-0.2, -0.15) is 0 Å². The number of aromatic carboxylic acids is 1. The molecule has 3 N–H and O–H groups in total. The van der Waals surface area contributed by atoms with Crippen LogP contribution in [0.1, 0.15) is 16.8 Å². The summed E-state index contributed by atoms with van der Waals surface area (Å²) >= 11 is 0. The number of aliphatic hydroxyl groups excluding tert-OH is 1. The van der Waals surface area contributed by atoms with Crippen molar-refractivity contribution in [2.45, 2.75) is 6.42 Å². The second kappa shape index (κ2) is 5.18. The van der Waals surface area contributed by atoms with Gasteiger partial charge in [0.15, 0.2) is 0 Å². The molecule has 0 spiro atoms. The monoisotopic (exact) mass is 196 g/mol. The summed E-state index contributed by atoms with van der Waals surface area (Å²) in [6.07, 6.45) is 3.40. The van der Waals surface area contributed by atoms with Gasteiger partial charge in [-0.25, -0.2) is 4.79 Å². The molecule has 5 heteroatoms. The van der Waals surface area contributed by atoms with Gasteiger partial charge in [0.1, 0.15) is 5.56 Å². The Morgan fingerprint density at radius 3 is 3.00 bits per heavy atom. The van der Waals surface area contributed by atoms with E-state index in [-0.39, 0.29) is 12.2 Å². The number of hydrogen-bond acceptors (Lipinski definition) is 4. The molecule has 14 heavy (non-hydrogen) atoms. The van der Waals surface area contributed by atoms with E-state index in [0.717, 1.165) is 0 Å². The highest BCUT2D eigenvalue weighted by Gasteiger charge is 2.08. The zero-order chi connectivity index (χ0) is 10.4. The summed E-state index contributed by atoms with van der Waals surface area (Å²) in [6, 6.07) is 1.60. The van der Waals surface area contributed by atoms with Crippen molar-refractivity contribution < 1.29 is 15.0 Å². The van der Waals surface area contributed by atoms with E-state index in [0.29, 0.717) is 18.7 Å². The van der Waals surface area contributed by atoms with Gasteiger partial charge in [-0.1, -0.05) is 0 Å². The number of carboxylic acid groups (broad SMARTS) is 1. The van der Waals surface area contributed by atoms with Crippen molar-refractivity contribution in [2.24, 2.45) is 0 Å². The van der Waals surface area contributed by atoms with Crippen LogP contribution in [0.3, 0.4) is 0 Å². The van der Waals surface area contributed by atoms with Crippen LogP contribution < -0.4 is 5.32 Å². The fourth-order valence-electron chi connectivity index (χ4n) is 1.02. The fraction of sp³-hybridized carbons (Fsp3) is 0.333. The maximum absolute atomic E-state index is 10.7. The molecule has 0 bridgehead atoms. The molecule has 0 amide bonds. The van der Waals surface area contributed by atoms with E-state index in [2.05, 4.69) is 10.3 Å². The molecule has 76 valence electrons. The lowest BCUT2D eigenvalue weighted by Crippen LogP contribution is -2.08. The average Bonchev–Trinajstić information content (AvgIpc) is 2.19. The summed E-state index contributed by atoms with van der Waals surface area (Å²) in [4.78, 5) is 14.4. The number of pyridine rings is 1. The van der Waals surface area contributed by atoms with Gasteiger partial charge in [-0.05, 0) is 12.5 Å². The molecular formula is C9H12N2O3. The number of carbonyl (C=O) groups is 1. The number of aliphatic hydroxyl groups is 1. The highest BCUT2D eigenvalue weighted by atomic mass is 16.4. The molecule has 1 heterocycles. The molecular weight excluding hydrogens is 184 g/mol. The lowest BCUT2D eigenvalue weighted by atomic mass is 10.2. The zero-order valence-electron chi connectivity index (χ0n) is 7.60. The molecule has 0 aliphatic carbocycles. The normalized spacial score (nSPS) is 9.79. The minimum Gasteiger partial charge on any atom is -0.478 e. The number of aromatic nitrogens is 1. The van der Waals surface area contributed by atoms with Crippen molar-refractivity contribution >= 4 is 11.7 Å². The van der Waals surface area contributed by atoms with Crippen molar-refractivity contribution in [3.63, 3.8) is 0 Å². The van der Waals surface area contributed by atoms with Gasteiger partial charge in [0, 0.05) is 25.5 Å². The van der Waals surface area contributed by atoms with Gasteiger partial charge < -0.3 is 15.5 Å². The Morgan fingerprint density at radius 1 is 1.57 bits per heavy atom. The number of anilines is 1. The van der Waals surface area contributed by atoms with Crippen LogP contribution in [0.2, 0.25) is 0 Å².